The monoisotopic (exact) mass is 1130 g/mol. The van der Waals surface area contributed by atoms with Gasteiger partial charge in [0.2, 0.25) is 5.91 Å². The third-order valence-electron chi connectivity index (χ3n) is 13.7. The lowest BCUT2D eigenvalue weighted by Crippen LogP contribution is -2.65. The van der Waals surface area contributed by atoms with Crippen molar-refractivity contribution in [2.45, 2.75) is 248 Å². The van der Waals surface area contributed by atoms with E-state index in [0.29, 0.717) is 12.8 Å². The molecule has 2 aliphatic heterocycles. The summed E-state index contributed by atoms with van der Waals surface area (Å²) in [7, 11) is 0. The van der Waals surface area contributed by atoms with E-state index >= 15 is 0 Å². The lowest BCUT2D eigenvalue weighted by Gasteiger charge is -2.46. The van der Waals surface area contributed by atoms with Gasteiger partial charge < -0.3 is 65.1 Å². The summed E-state index contributed by atoms with van der Waals surface area (Å²) >= 11 is 0. The third kappa shape index (κ3) is 35.6. The largest absolute Gasteiger partial charge is 0.394 e. The maximum Gasteiger partial charge on any atom is 0.220 e. The van der Waals surface area contributed by atoms with Crippen molar-refractivity contribution in [3.63, 3.8) is 0 Å². The minimum atomic E-state index is -1.80. The normalized spacial score (nSPS) is 25.2. The predicted molar refractivity (Wildman–Crippen MR) is 327 cm³/mol. The Morgan fingerprint density at radius 2 is 0.827 bits per heavy atom. The number of hydrogen-bond acceptors (Lipinski definition) is 13. The molecule has 1 amide bonds. The molecule has 0 bridgehead atoms. The molecule has 0 aromatic carbocycles. The molecule has 0 saturated carbocycles. The van der Waals surface area contributed by atoms with Crippen molar-refractivity contribution in [3.05, 3.63) is 146 Å². The quantitative estimate of drug-likeness (QED) is 0.0204. The number of carbonyl (C=O) groups is 1. The zero-order valence-electron chi connectivity index (χ0n) is 49.2. The number of allylic oxidation sites excluding steroid dienone is 23. The zero-order valence-corrected chi connectivity index (χ0v) is 49.2. The van der Waals surface area contributed by atoms with Gasteiger partial charge in [-0.1, -0.05) is 205 Å². The minimum absolute atomic E-state index is 0.252. The average molecular weight is 1130 g/mol. The van der Waals surface area contributed by atoms with Crippen molar-refractivity contribution in [2.24, 2.45) is 0 Å². The summed E-state index contributed by atoms with van der Waals surface area (Å²) in [5.41, 5.74) is 0. The number of aliphatic hydroxyl groups excluding tert-OH is 8. The SMILES string of the molecule is CC/C=C\C/C=C\C/C=C\C/C=C\C/C=C\C/C=C\C/C=C\C/C=C\C/C=C\CCCCCCCCCCCC(=O)NC(COC1OC(CO)C(OC2OC(CO)C(O)C(O)C2O)C(O)C1O)C(O)/C=C/CC/C=C/CC/C=C/CC. The molecule has 0 aromatic rings. The Morgan fingerprint density at radius 3 is 1.31 bits per heavy atom. The number of nitrogens with one attached hydrogen (secondary N) is 1. The van der Waals surface area contributed by atoms with Gasteiger partial charge in [0, 0.05) is 6.42 Å². The average Bonchev–Trinajstić information content (AvgIpc) is 3.51. The van der Waals surface area contributed by atoms with Crippen LogP contribution in [0.2, 0.25) is 0 Å². The van der Waals surface area contributed by atoms with Gasteiger partial charge in [-0.3, -0.25) is 4.79 Å². The van der Waals surface area contributed by atoms with Gasteiger partial charge in [0.15, 0.2) is 12.6 Å². The van der Waals surface area contributed by atoms with E-state index in [1.165, 1.54) is 25.7 Å². The van der Waals surface area contributed by atoms with E-state index in [-0.39, 0.29) is 18.9 Å². The number of unbranched alkanes of at least 4 members (excludes halogenated alkanes) is 11. The highest BCUT2D eigenvalue weighted by Crippen LogP contribution is 2.30. The molecule has 81 heavy (non-hydrogen) atoms. The molecule has 458 valence electrons. The third-order valence-corrected chi connectivity index (χ3v) is 13.7. The van der Waals surface area contributed by atoms with Crippen LogP contribution in [0, 0.1) is 0 Å². The molecule has 0 aromatic heterocycles. The van der Waals surface area contributed by atoms with Gasteiger partial charge in [0.05, 0.1) is 32.0 Å². The summed E-state index contributed by atoms with van der Waals surface area (Å²) in [4.78, 5) is 13.2. The minimum Gasteiger partial charge on any atom is -0.394 e. The second-order valence-electron chi connectivity index (χ2n) is 20.7. The molecule has 2 fully saturated rings. The van der Waals surface area contributed by atoms with Crippen LogP contribution in [0.3, 0.4) is 0 Å². The van der Waals surface area contributed by atoms with Gasteiger partial charge >= 0.3 is 0 Å². The first-order valence-electron chi connectivity index (χ1n) is 30.6. The van der Waals surface area contributed by atoms with E-state index in [4.69, 9.17) is 18.9 Å². The second kappa shape index (κ2) is 50.4. The molecule has 0 radical (unpaired) electrons. The van der Waals surface area contributed by atoms with Gasteiger partial charge in [-0.2, -0.15) is 0 Å². The first-order valence-corrected chi connectivity index (χ1v) is 30.6. The first kappa shape index (κ1) is 73.0. The molecule has 0 spiro atoms. The van der Waals surface area contributed by atoms with E-state index in [0.717, 1.165) is 116 Å². The van der Waals surface area contributed by atoms with Crippen LogP contribution in [0.15, 0.2) is 146 Å². The Kier molecular flexibility index (Phi) is 45.4. The summed E-state index contributed by atoms with van der Waals surface area (Å²) in [6.07, 6.45) is 59.2. The van der Waals surface area contributed by atoms with Crippen LogP contribution in [-0.4, -0.2) is 140 Å². The predicted octanol–water partition coefficient (Wildman–Crippen LogP) is 10.9. The van der Waals surface area contributed by atoms with Gasteiger partial charge in [-0.05, 0) is 109 Å². The van der Waals surface area contributed by atoms with E-state index < -0.39 is 86.8 Å². The summed E-state index contributed by atoms with van der Waals surface area (Å²) < 4.78 is 22.7. The van der Waals surface area contributed by atoms with Crippen LogP contribution in [0.25, 0.3) is 0 Å². The summed E-state index contributed by atoms with van der Waals surface area (Å²) in [6.45, 7) is 2.49. The standard InChI is InChI=1S/C67H107NO13/c1-3-5-7-9-11-13-15-16-17-18-19-20-21-22-23-24-25-26-27-28-29-30-31-32-33-34-35-36-37-38-39-40-41-43-45-47-49-51-59(72)68-55(56(71)50-48-46-44-42-14-12-10-8-6-4-2)54-78-66-64(77)62(75)65(58(53-70)80-66)81-67-63(76)61(74)60(73)57(52-69)79-67/h5-8,11,13-14,16-17,19-20,22-23,25-26,28-29,31-32,34-35,42,48,50,55-58,60-67,69-71,73-77H,3-4,9-10,12,15,18,21,24,27,30,33,36-41,43-47,49,51-54H2,1-2H3,(H,68,72)/b7-5-,8-6+,13-11-,17-16-,20-19-,23-22-,26-25-,29-28-,32-31-,35-34-,42-14+,50-48+. The highest BCUT2D eigenvalue weighted by atomic mass is 16.7. The molecule has 2 saturated heterocycles. The summed E-state index contributed by atoms with van der Waals surface area (Å²) in [5, 5.41) is 86.8. The van der Waals surface area contributed by atoms with Crippen LogP contribution < -0.4 is 5.32 Å². The lowest BCUT2D eigenvalue weighted by molar-refractivity contribution is -0.359. The van der Waals surface area contributed by atoms with Crippen molar-refractivity contribution < 1.29 is 64.6 Å². The molecule has 12 atom stereocenters. The molecule has 2 rings (SSSR count). The van der Waals surface area contributed by atoms with E-state index in [1.54, 1.807) is 6.08 Å². The van der Waals surface area contributed by atoms with Gasteiger partial charge in [-0.15, -0.1) is 0 Å². The number of carbonyl (C=O) groups excluding carboxylic acids is 1. The maximum atomic E-state index is 13.2. The molecule has 9 N–H and O–H groups in total. The molecule has 2 aliphatic rings. The van der Waals surface area contributed by atoms with Crippen molar-refractivity contribution >= 4 is 5.91 Å². The van der Waals surface area contributed by atoms with E-state index in [1.807, 2.05) is 6.08 Å². The van der Waals surface area contributed by atoms with Gasteiger partial charge in [0.25, 0.3) is 0 Å². The van der Waals surface area contributed by atoms with Crippen LogP contribution in [0.5, 0.6) is 0 Å². The number of hydrogen-bond donors (Lipinski definition) is 9. The number of amides is 1. The fourth-order valence-corrected chi connectivity index (χ4v) is 8.91. The highest BCUT2D eigenvalue weighted by Gasteiger charge is 2.51. The molecule has 2 heterocycles. The Bertz CT molecular complexity index is 1910. The van der Waals surface area contributed by atoms with Gasteiger partial charge in [-0.25, -0.2) is 0 Å². The Morgan fingerprint density at radius 1 is 0.444 bits per heavy atom. The number of aliphatic hydroxyl groups is 8. The van der Waals surface area contributed by atoms with E-state index in [2.05, 4.69) is 153 Å². The number of ether oxygens (including phenoxy) is 4. The number of rotatable bonds is 46. The smallest absolute Gasteiger partial charge is 0.220 e. The van der Waals surface area contributed by atoms with Crippen molar-refractivity contribution in [1.82, 2.24) is 5.32 Å². The highest BCUT2D eigenvalue weighted by molar-refractivity contribution is 5.76. The van der Waals surface area contributed by atoms with Crippen molar-refractivity contribution in [1.29, 1.82) is 0 Å². The van der Waals surface area contributed by atoms with Crippen LogP contribution in [0.4, 0.5) is 0 Å². The zero-order chi connectivity index (χ0) is 58.8. The molecule has 14 nitrogen and oxygen atoms in total. The molecule has 12 unspecified atom stereocenters. The van der Waals surface area contributed by atoms with Crippen molar-refractivity contribution in [3.8, 4) is 0 Å². The fraction of sp³-hybridized carbons (Fsp3) is 0.627. The van der Waals surface area contributed by atoms with Gasteiger partial charge in [0.1, 0.15) is 48.8 Å². The first-order chi connectivity index (χ1) is 39.6. The molecule has 0 aliphatic carbocycles. The maximum absolute atomic E-state index is 13.2. The molecular formula is C67H107NO13. The fourth-order valence-electron chi connectivity index (χ4n) is 8.91. The lowest BCUT2D eigenvalue weighted by atomic mass is 9.97. The molecular weight excluding hydrogens is 1030 g/mol. The Hall–Kier alpha value is -4.13. The van der Waals surface area contributed by atoms with Crippen LogP contribution in [-0.2, 0) is 23.7 Å². The second-order valence-corrected chi connectivity index (χ2v) is 20.7. The van der Waals surface area contributed by atoms with E-state index in [9.17, 15) is 45.6 Å². The van der Waals surface area contributed by atoms with Crippen LogP contribution in [0.1, 0.15) is 174 Å². The van der Waals surface area contributed by atoms with Crippen molar-refractivity contribution in [2.75, 3.05) is 19.8 Å². The summed E-state index contributed by atoms with van der Waals surface area (Å²) in [5.74, 6) is -0.270. The molecule has 14 heteroatoms. The summed E-state index contributed by atoms with van der Waals surface area (Å²) in [6, 6.07) is -0.950. The Labute approximate surface area is 487 Å². The Balaban J connectivity index is 1.63. The topological polar surface area (TPSA) is 228 Å². The van der Waals surface area contributed by atoms with Crippen LogP contribution >= 0.6 is 0 Å².